The Bertz CT molecular complexity index is 722. The van der Waals surface area contributed by atoms with Crippen LogP contribution < -0.4 is 5.32 Å². The van der Waals surface area contributed by atoms with Crippen LogP contribution in [0.1, 0.15) is 15.9 Å². The summed E-state index contributed by atoms with van der Waals surface area (Å²) in [4.78, 5) is 26.0. The van der Waals surface area contributed by atoms with E-state index < -0.39 is 0 Å². The van der Waals surface area contributed by atoms with E-state index in [0.29, 0.717) is 5.56 Å². The van der Waals surface area contributed by atoms with Crippen LogP contribution in [0.3, 0.4) is 0 Å². The summed E-state index contributed by atoms with van der Waals surface area (Å²) in [6.45, 7) is 0. The minimum Gasteiger partial charge on any atom is -0.344 e. The number of benzene rings is 2. The Morgan fingerprint density at radius 2 is 1.61 bits per heavy atom. The fourth-order valence-corrected chi connectivity index (χ4v) is 2.17. The van der Waals surface area contributed by atoms with Crippen LogP contribution in [0.4, 0.5) is 0 Å². The molecular formula is C18H17BrN2O2. The van der Waals surface area contributed by atoms with E-state index in [0.717, 1.165) is 10.0 Å². The summed E-state index contributed by atoms with van der Waals surface area (Å²) in [5.41, 5.74) is 1.55. The molecule has 0 atom stereocenters. The molecule has 0 bridgehead atoms. The molecule has 0 aliphatic heterocycles. The lowest BCUT2D eigenvalue weighted by atomic mass is 10.1. The van der Waals surface area contributed by atoms with Gasteiger partial charge in [0.2, 0.25) is 0 Å². The topological polar surface area (TPSA) is 49.4 Å². The first kappa shape index (κ1) is 17.0. The molecule has 0 aliphatic carbocycles. The Balaban J connectivity index is 2.29. The van der Waals surface area contributed by atoms with Gasteiger partial charge in [-0.25, -0.2) is 0 Å². The van der Waals surface area contributed by atoms with Gasteiger partial charge in [-0.3, -0.25) is 9.59 Å². The number of hydrogen-bond donors (Lipinski definition) is 1. The van der Waals surface area contributed by atoms with Crippen LogP contribution in [0, 0.1) is 0 Å². The molecule has 0 heterocycles. The van der Waals surface area contributed by atoms with E-state index in [1.165, 1.54) is 4.90 Å². The summed E-state index contributed by atoms with van der Waals surface area (Å²) < 4.78 is 0.948. The van der Waals surface area contributed by atoms with Gasteiger partial charge in [-0.1, -0.05) is 46.3 Å². The first-order valence-corrected chi connectivity index (χ1v) is 7.82. The summed E-state index contributed by atoms with van der Waals surface area (Å²) in [6, 6.07) is 16.3. The van der Waals surface area contributed by atoms with E-state index in [1.807, 2.05) is 30.3 Å². The lowest BCUT2D eigenvalue weighted by molar-refractivity contribution is -0.124. The second-order valence-corrected chi connectivity index (χ2v) is 6.04. The van der Waals surface area contributed by atoms with Gasteiger partial charge in [-0.05, 0) is 35.9 Å². The third-order valence-corrected chi connectivity index (χ3v) is 3.63. The largest absolute Gasteiger partial charge is 0.344 e. The Labute approximate surface area is 143 Å². The molecule has 0 fully saturated rings. The number of likely N-dealkylation sites (N-methyl/N-ethyl adjacent to an activating group) is 1. The third-order valence-electron chi connectivity index (χ3n) is 3.10. The maximum Gasteiger partial charge on any atom is 0.269 e. The van der Waals surface area contributed by atoms with E-state index >= 15 is 0 Å². The zero-order chi connectivity index (χ0) is 16.8. The zero-order valence-corrected chi connectivity index (χ0v) is 14.5. The molecular weight excluding hydrogens is 356 g/mol. The number of nitrogens with zero attached hydrogens (tertiary/aromatic N) is 1. The molecule has 118 valence electrons. The number of carbonyl (C=O) groups is 2. The van der Waals surface area contributed by atoms with Gasteiger partial charge in [0, 0.05) is 24.1 Å². The van der Waals surface area contributed by atoms with Crippen LogP contribution >= 0.6 is 15.9 Å². The smallest absolute Gasteiger partial charge is 0.269 e. The monoisotopic (exact) mass is 372 g/mol. The molecule has 2 rings (SSSR count). The van der Waals surface area contributed by atoms with Crippen molar-refractivity contribution in [2.75, 3.05) is 14.1 Å². The highest BCUT2D eigenvalue weighted by atomic mass is 79.9. The van der Waals surface area contributed by atoms with Crippen LogP contribution in [-0.2, 0) is 4.79 Å². The number of hydrogen-bond acceptors (Lipinski definition) is 2. The van der Waals surface area contributed by atoms with Crippen molar-refractivity contribution in [3.8, 4) is 0 Å². The Kier molecular flexibility index (Phi) is 5.71. The SMILES string of the molecule is CN(C)C(=O)/C(=C\c1ccc(Br)cc1)NC(=O)c1ccccc1. The number of amides is 2. The lowest BCUT2D eigenvalue weighted by Gasteiger charge is -2.15. The van der Waals surface area contributed by atoms with Crippen molar-refractivity contribution < 1.29 is 9.59 Å². The molecule has 0 saturated heterocycles. The summed E-state index contributed by atoms with van der Waals surface area (Å²) >= 11 is 3.37. The maximum absolute atomic E-state index is 12.3. The van der Waals surface area contributed by atoms with E-state index in [9.17, 15) is 9.59 Å². The van der Waals surface area contributed by atoms with Gasteiger partial charge in [0.15, 0.2) is 0 Å². The molecule has 2 aromatic carbocycles. The van der Waals surface area contributed by atoms with Crippen LogP contribution in [-0.4, -0.2) is 30.8 Å². The first-order valence-electron chi connectivity index (χ1n) is 7.02. The quantitative estimate of drug-likeness (QED) is 0.836. The molecule has 0 aliphatic rings. The molecule has 0 spiro atoms. The highest BCUT2D eigenvalue weighted by Crippen LogP contribution is 2.13. The highest BCUT2D eigenvalue weighted by Gasteiger charge is 2.16. The minimum atomic E-state index is -0.316. The van der Waals surface area contributed by atoms with Gasteiger partial charge in [-0.2, -0.15) is 0 Å². The average Bonchev–Trinajstić information content (AvgIpc) is 2.56. The molecule has 0 aromatic heterocycles. The molecule has 2 aromatic rings. The fraction of sp³-hybridized carbons (Fsp3) is 0.111. The van der Waals surface area contributed by atoms with Gasteiger partial charge < -0.3 is 10.2 Å². The van der Waals surface area contributed by atoms with E-state index in [1.54, 1.807) is 44.4 Å². The number of rotatable bonds is 4. The van der Waals surface area contributed by atoms with Gasteiger partial charge >= 0.3 is 0 Å². The molecule has 0 unspecified atom stereocenters. The van der Waals surface area contributed by atoms with E-state index in [4.69, 9.17) is 0 Å². The predicted octanol–water partition coefficient (Wildman–Crippen LogP) is 3.31. The Morgan fingerprint density at radius 3 is 2.17 bits per heavy atom. The second-order valence-electron chi connectivity index (χ2n) is 5.13. The van der Waals surface area contributed by atoms with Crippen molar-refractivity contribution >= 4 is 33.8 Å². The molecule has 5 heteroatoms. The Hall–Kier alpha value is -2.40. The van der Waals surface area contributed by atoms with Crippen LogP contribution in [0.25, 0.3) is 6.08 Å². The first-order chi connectivity index (χ1) is 11.0. The standard InChI is InChI=1S/C18H17BrN2O2/c1-21(2)18(23)16(12-13-8-10-15(19)11-9-13)20-17(22)14-6-4-3-5-7-14/h3-12H,1-2H3,(H,20,22)/b16-12+. The van der Waals surface area contributed by atoms with Crippen molar-refractivity contribution in [3.05, 3.63) is 75.9 Å². The third kappa shape index (κ3) is 4.79. The zero-order valence-electron chi connectivity index (χ0n) is 12.9. The summed E-state index contributed by atoms with van der Waals surface area (Å²) in [5, 5.41) is 2.70. The summed E-state index contributed by atoms with van der Waals surface area (Å²) in [7, 11) is 3.29. The van der Waals surface area contributed by atoms with Gasteiger partial charge in [0.25, 0.3) is 11.8 Å². The number of nitrogens with one attached hydrogen (secondary N) is 1. The molecule has 23 heavy (non-hydrogen) atoms. The van der Waals surface area contributed by atoms with Crippen molar-refractivity contribution in [1.82, 2.24) is 10.2 Å². The van der Waals surface area contributed by atoms with E-state index in [2.05, 4.69) is 21.2 Å². The van der Waals surface area contributed by atoms with Crippen LogP contribution in [0.15, 0.2) is 64.8 Å². The van der Waals surface area contributed by atoms with Gasteiger partial charge in [0.05, 0.1) is 0 Å². The van der Waals surface area contributed by atoms with Crippen molar-refractivity contribution in [3.63, 3.8) is 0 Å². The summed E-state index contributed by atoms with van der Waals surface area (Å²) in [6.07, 6.45) is 1.66. The van der Waals surface area contributed by atoms with E-state index in [-0.39, 0.29) is 17.5 Å². The molecule has 1 N–H and O–H groups in total. The normalized spacial score (nSPS) is 11.0. The molecule has 4 nitrogen and oxygen atoms in total. The number of carbonyl (C=O) groups excluding carboxylic acids is 2. The lowest BCUT2D eigenvalue weighted by Crippen LogP contribution is -2.34. The fourth-order valence-electron chi connectivity index (χ4n) is 1.90. The van der Waals surface area contributed by atoms with Crippen molar-refractivity contribution in [2.45, 2.75) is 0 Å². The maximum atomic E-state index is 12.3. The van der Waals surface area contributed by atoms with Gasteiger partial charge in [0.1, 0.15) is 5.70 Å². The van der Waals surface area contributed by atoms with Gasteiger partial charge in [-0.15, -0.1) is 0 Å². The van der Waals surface area contributed by atoms with Crippen LogP contribution in [0.2, 0.25) is 0 Å². The number of halogens is 1. The predicted molar refractivity (Wildman–Crippen MR) is 94.7 cm³/mol. The average molecular weight is 373 g/mol. The van der Waals surface area contributed by atoms with Crippen molar-refractivity contribution in [1.29, 1.82) is 0 Å². The molecule has 2 amide bonds. The molecule has 0 radical (unpaired) electrons. The second kappa shape index (κ2) is 7.74. The van der Waals surface area contributed by atoms with Crippen molar-refractivity contribution in [2.24, 2.45) is 0 Å². The molecule has 0 saturated carbocycles. The Morgan fingerprint density at radius 1 is 1.00 bits per heavy atom. The highest BCUT2D eigenvalue weighted by molar-refractivity contribution is 9.10. The van der Waals surface area contributed by atoms with Crippen LogP contribution in [0.5, 0.6) is 0 Å². The summed E-state index contributed by atoms with van der Waals surface area (Å²) in [5.74, 6) is -0.582. The minimum absolute atomic E-state index is 0.228.